The number of hydrogen-bond acceptors (Lipinski definition) is 5. The van der Waals surface area contributed by atoms with Crippen LogP contribution in [-0.2, 0) is 4.79 Å². The number of nitrogens with zero attached hydrogens (tertiary/aromatic N) is 4. The fraction of sp³-hybridized carbons (Fsp3) is 0.500. The summed E-state index contributed by atoms with van der Waals surface area (Å²) in [5, 5.41) is 8.99. The maximum atomic E-state index is 14.1. The molecule has 2 aromatic rings. The number of hydrogen-bond donors (Lipinski definition) is 1. The summed E-state index contributed by atoms with van der Waals surface area (Å²) in [4.78, 5) is 36.5. The molecule has 8 heteroatoms. The fourth-order valence-corrected chi connectivity index (χ4v) is 3.70. The first-order valence-corrected chi connectivity index (χ1v) is 9.42. The van der Waals surface area contributed by atoms with Crippen LogP contribution in [0.15, 0.2) is 12.1 Å². The number of carbonyl (C=O) groups excluding carboxylic acids is 1. The molecule has 1 aliphatic rings. The van der Waals surface area contributed by atoms with Gasteiger partial charge in [0.1, 0.15) is 11.3 Å². The molecule has 1 aromatic heterocycles. The lowest BCUT2D eigenvalue weighted by atomic mass is 10.1. The zero-order chi connectivity index (χ0) is 20.4. The van der Waals surface area contributed by atoms with Crippen LogP contribution in [0, 0.1) is 19.7 Å². The van der Waals surface area contributed by atoms with Crippen LogP contribution >= 0.6 is 0 Å². The predicted octanol–water partition coefficient (Wildman–Crippen LogP) is 2.40. The van der Waals surface area contributed by atoms with Crippen LogP contribution in [0.3, 0.4) is 0 Å². The quantitative estimate of drug-likeness (QED) is 0.866. The van der Waals surface area contributed by atoms with Crippen molar-refractivity contribution < 1.29 is 19.1 Å². The van der Waals surface area contributed by atoms with Crippen LogP contribution in [0.5, 0.6) is 0 Å². The zero-order valence-corrected chi connectivity index (χ0v) is 16.4. The SMILES string of the molecule is Cc1nc2cc(F)cc(C(=O)N3CCCC(N(C)CC(=O)O)CC3)c2nc1C. The third-order valence-corrected chi connectivity index (χ3v) is 5.37. The van der Waals surface area contributed by atoms with Crippen molar-refractivity contribution in [2.45, 2.75) is 39.2 Å². The first-order chi connectivity index (χ1) is 13.3. The molecule has 0 aliphatic carbocycles. The van der Waals surface area contributed by atoms with Crippen LogP contribution in [-0.4, -0.2) is 69.5 Å². The average molecular weight is 388 g/mol. The van der Waals surface area contributed by atoms with Gasteiger partial charge in [0.05, 0.1) is 29.0 Å². The van der Waals surface area contributed by atoms with Crippen molar-refractivity contribution in [2.24, 2.45) is 0 Å². The summed E-state index contributed by atoms with van der Waals surface area (Å²) >= 11 is 0. The van der Waals surface area contributed by atoms with E-state index in [-0.39, 0.29) is 24.1 Å². The van der Waals surface area contributed by atoms with Crippen molar-refractivity contribution in [3.63, 3.8) is 0 Å². The molecular formula is C20H25FN4O3. The molecule has 2 heterocycles. The molecule has 1 saturated heterocycles. The van der Waals surface area contributed by atoms with Crippen LogP contribution in [0.4, 0.5) is 4.39 Å². The van der Waals surface area contributed by atoms with Gasteiger partial charge in [0, 0.05) is 25.2 Å². The second-order valence-corrected chi connectivity index (χ2v) is 7.40. The van der Waals surface area contributed by atoms with Crippen LogP contribution in [0.25, 0.3) is 11.0 Å². The number of amides is 1. The second kappa shape index (κ2) is 8.18. The number of likely N-dealkylation sites (tertiary alicyclic amines) is 1. The highest BCUT2D eigenvalue weighted by Gasteiger charge is 2.26. The number of fused-ring (bicyclic) bond motifs is 1. The molecule has 1 unspecified atom stereocenters. The number of aliphatic carboxylic acids is 1. The van der Waals surface area contributed by atoms with Crippen LogP contribution in [0.2, 0.25) is 0 Å². The zero-order valence-electron chi connectivity index (χ0n) is 16.4. The van der Waals surface area contributed by atoms with Gasteiger partial charge in [0.25, 0.3) is 5.91 Å². The molecule has 1 N–H and O–H groups in total. The number of aromatic nitrogens is 2. The van der Waals surface area contributed by atoms with E-state index in [2.05, 4.69) is 9.97 Å². The topological polar surface area (TPSA) is 86.6 Å². The first kappa shape index (κ1) is 20.1. The van der Waals surface area contributed by atoms with Crippen molar-refractivity contribution in [3.8, 4) is 0 Å². The third-order valence-electron chi connectivity index (χ3n) is 5.37. The van der Waals surface area contributed by atoms with Gasteiger partial charge in [-0.05, 0) is 46.2 Å². The fourth-order valence-electron chi connectivity index (χ4n) is 3.70. The number of carboxylic acid groups (broad SMARTS) is 1. The second-order valence-electron chi connectivity index (χ2n) is 7.40. The highest BCUT2D eigenvalue weighted by Crippen LogP contribution is 2.23. The Labute approximate surface area is 163 Å². The number of rotatable bonds is 4. The molecule has 1 amide bonds. The first-order valence-electron chi connectivity index (χ1n) is 9.42. The van der Waals surface area contributed by atoms with E-state index in [0.717, 1.165) is 12.8 Å². The van der Waals surface area contributed by atoms with Gasteiger partial charge in [0.2, 0.25) is 0 Å². The Morgan fingerprint density at radius 2 is 1.93 bits per heavy atom. The molecule has 1 aliphatic heterocycles. The Morgan fingerprint density at radius 3 is 2.64 bits per heavy atom. The summed E-state index contributed by atoms with van der Waals surface area (Å²) in [5.41, 5.74) is 2.43. The van der Waals surface area contributed by atoms with E-state index in [9.17, 15) is 14.0 Å². The average Bonchev–Trinajstić information content (AvgIpc) is 2.87. The van der Waals surface area contributed by atoms with E-state index in [4.69, 9.17) is 5.11 Å². The molecule has 1 fully saturated rings. The largest absolute Gasteiger partial charge is 0.480 e. The Kier molecular flexibility index (Phi) is 5.88. The van der Waals surface area contributed by atoms with Gasteiger partial charge >= 0.3 is 5.97 Å². The highest BCUT2D eigenvalue weighted by molar-refractivity contribution is 6.04. The molecule has 0 spiro atoms. The lowest BCUT2D eigenvalue weighted by Crippen LogP contribution is -2.37. The number of aryl methyl sites for hydroxylation is 2. The minimum absolute atomic E-state index is 0.0264. The van der Waals surface area contributed by atoms with Gasteiger partial charge in [-0.2, -0.15) is 0 Å². The van der Waals surface area contributed by atoms with E-state index < -0.39 is 11.8 Å². The van der Waals surface area contributed by atoms with E-state index in [1.54, 1.807) is 18.9 Å². The smallest absolute Gasteiger partial charge is 0.317 e. The minimum Gasteiger partial charge on any atom is -0.480 e. The molecule has 0 saturated carbocycles. The van der Waals surface area contributed by atoms with E-state index in [0.29, 0.717) is 41.9 Å². The van der Waals surface area contributed by atoms with E-state index >= 15 is 0 Å². The molecule has 7 nitrogen and oxygen atoms in total. The number of carbonyl (C=O) groups is 2. The van der Waals surface area contributed by atoms with Crippen molar-refractivity contribution in [1.82, 2.24) is 19.8 Å². The molecule has 3 rings (SSSR count). The molecule has 0 bridgehead atoms. The summed E-state index contributed by atoms with van der Waals surface area (Å²) in [6.45, 7) is 4.63. The molecule has 28 heavy (non-hydrogen) atoms. The summed E-state index contributed by atoms with van der Waals surface area (Å²) in [6, 6.07) is 2.63. The van der Waals surface area contributed by atoms with Crippen molar-refractivity contribution in [2.75, 3.05) is 26.7 Å². The summed E-state index contributed by atoms with van der Waals surface area (Å²) in [6.07, 6.45) is 2.25. The highest BCUT2D eigenvalue weighted by atomic mass is 19.1. The van der Waals surface area contributed by atoms with Gasteiger partial charge in [0.15, 0.2) is 0 Å². The third kappa shape index (κ3) is 4.27. The van der Waals surface area contributed by atoms with Gasteiger partial charge in [-0.25, -0.2) is 14.4 Å². The maximum absolute atomic E-state index is 14.1. The lowest BCUT2D eigenvalue weighted by molar-refractivity contribution is -0.138. The Morgan fingerprint density at radius 1 is 1.21 bits per heavy atom. The normalized spacial score (nSPS) is 17.8. The predicted molar refractivity (Wildman–Crippen MR) is 103 cm³/mol. The van der Waals surface area contributed by atoms with Crippen molar-refractivity contribution in [3.05, 3.63) is 34.9 Å². The van der Waals surface area contributed by atoms with Gasteiger partial charge in [-0.3, -0.25) is 14.5 Å². The molecule has 0 radical (unpaired) electrons. The summed E-state index contributed by atoms with van der Waals surface area (Å²) < 4.78 is 14.1. The van der Waals surface area contributed by atoms with Gasteiger partial charge in [-0.15, -0.1) is 0 Å². The number of halogens is 1. The molecule has 1 atom stereocenters. The Bertz CT molecular complexity index is 918. The van der Waals surface area contributed by atoms with Crippen LogP contribution in [0.1, 0.15) is 41.0 Å². The monoisotopic (exact) mass is 388 g/mol. The standard InChI is InChI=1S/C20H25FN4O3/c1-12-13(2)23-19-16(9-14(21)10-17(19)22-12)20(28)25-7-4-5-15(6-8-25)24(3)11-18(26)27/h9-10,15H,4-8,11H2,1-3H3,(H,26,27). The van der Waals surface area contributed by atoms with E-state index in [1.807, 2.05) is 11.8 Å². The number of benzene rings is 1. The minimum atomic E-state index is -0.866. The van der Waals surface area contributed by atoms with Crippen LogP contribution < -0.4 is 0 Å². The number of likely N-dealkylation sites (N-methyl/N-ethyl adjacent to an activating group) is 1. The van der Waals surface area contributed by atoms with Crippen molar-refractivity contribution in [1.29, 1.82) is 0 Å². The Balaban J connectivity index is 1.84. The Hall–Kier alpha value is -2.61. The lowest BCUT2D eigenvalue weighted by Gasteiger charge is -2.25. The van der Waals surface area contributed by atoms with Gasteiger partial charge < -0.3 is 10.0 Å². The maximum Gasteiger partial charge on any atom is 0.317 e. The van der Waals surface area contributed by atoms with Gasteiger partial charge in [-0.1, -0.05) is 0 Å². The summed E-state index contributed by atoms with van der Waals surface area (Å²) in [7, 11) is 1.79. The number of carboxylic acids is 1. The van der Waals surface area contributed by atoms with E-state index in [1.165, 1.54) is 12.1 Å². The molecule has 150 valence electrons. The molecular weight excluding hydrogens is 363 g/mol. The summed E-state index contributed by atoms with van der Waals surface area (Å²) in [5.74, 6) is -1.64. The van der Waals surface area contributed by atoms with Crippen molar-refractivity contribution >= 4 is 22.9 Å². The molecule has 1 aromatic carbocycles.